The first kappa shape index (κ1) is 21.1. The van der Waals surface area contributed by atoms with Gasteiger partial charge in [0.1, 0.15) is 5.75 Å². The molecular weight excluding hydrogens is 420 g/mol. The summed E-state index contributed by atoms with van der Waals surface area (Å²) in [6, 6.07) is 7.14. The van der Waals surface area contributed by atoms with E-state index in [9.17, 15) is 5.11 Å². The molecule has 3 heterocycles. The van der Waals surface area contributed by atoms with E-state index in [1.165, 1.54) is 0 Å². The first-order valence-electron chi connectivity index (χ1n) is 9.82. The number of ether oxygens (including phenoxy) is 2. The molecule has 4 rings (SSSR count). The quantitative estimate of drug-likeness (QED) is 0.303. The average molecular weight is 443 g/mol. The van der Waals surface area contributed by atoms with Gasteiger partial charge < -0.3 is 19.9 Å². The van der Waals surface area contributed by atoms with Gasteiger partial charge in [-0.15, -0.1) is 0 Å². The van der Waals surface area contributed by atoms with Crippen LogP contribution in [0.25, 0.3) is 16.9 Å². The van der Waals surface area contributed by atoms with Crippen molar-refractivity contribution in [2.24, 2.45) is 0 Å². The maximum Gasteiger partial charge on any atom is 0.162 e. The number of benzene rings is 1. The Balaban J connectivity index is 1.73. The number of anilines is 1. The van der Waals surface area contributed by atoms with Crippen molar-refractivity contribution in [3.05, 3.63) is 59.6 Å². The lowest BCUT2D eigenvalue weighted by Gasteiger charge is -2.17. The highest BCUT2D eigenvalue weighted by Crippen LogP contribution is 2.38. The van der Waals surface area contributed by atoms with E-state index in [1.54, 1.807) is 59.3 Å². The van der Waals surface area contributed by atoms with Crippen molar-refractivity contribution in [3.8, 4) is 17.0 Å². The van der Waals surface area contributed by atoms with Crippen LogP contribution in [0.5, 0.6) is 5.75 Å². The highest BCUT2D eigenvalue weighted by molar-refractivity contribution is 6.31. The standard InChI is InChI=1S/C21H23ClN6O3/c1-3-31-10-9-27-19(15-11-14(22)5-6-18(15)30-2)17(13-25-27)26-21(29)16-12-24-28-8-4-7-23-20(16)28/h4-8,11-13,21,26,29H,3,9-10H2,1-2H3. The van der Waals surface area contributed by atoms with Crippen LogP contribution in [0.4, 0.5) is 5.69 Å². The monoisotopic (exact) mass is 442 g/mol. The normalized spacial score (nSPS) is 12.3. The van der Waals surface area contributed by atoms with Gasteiger partial charge in [-0.05, 0) is 31.2 Å². The molecule has 0 saturated carbocycles. The number of halogens is 1. The molecule has 0 fully saturated rings. The highest BCUT2D eigenvalue weighted by atomic mass is 35.5. The number of aliphatic hydroxyl groups excluding tert-OH is 1. The summed E-state index contributed by atoms with van der Waals surface area (Å²) >= 11 is 6.28. The van der Waals surface area contributed by atoms with Crippen LogP contribution in [0.3, 0.4) is 0 Å². The Kier molecular flexibility index (Phi) is 6.36. The molecule has 9 nitrogen and oxygen atoms in total. The van der Waals surface area contributed by atoms with Crippen LogP contribution < -0.4 is 10.1 Å². The van der Waals surface area contributed by atoms with Crippen molar-refractivity contribution in [2.75, 3.05) is 25.6 Å². The van der Waals surface area contributed by atoms with Crippen molar-refractivity contribution < 1.29 is 14.6 Å². The van der Waals surface area contributed by atoms with Gasteiger partial charge in [-0.1, -0.05) is 11.6 Å². The van der Waals surface area contributed by atoms with Crippen LogP contribution in [0, 0.1) is 0 Å². The third kappa shape index (κ3) is 4.34. The zero-order chi connectivity index (χ0) is 21.8. The second-order valence-corrected chi connectivity index (χ2v) is 7.14. The fraction of sp³-hybridized carbons (Fsp3) is 0.286. The summed E-state index contributed by atoms with van der Waals surface area (Å²) < 4.78 is 14.5. The number of rotatable bonds is 9. The van der Waals surface area contributed by atoms with Gasteiger partial charge in [0.25, 0.3) is 0 Å². The third-order valence-electron chi connectivity index (χ3n) is 4.80. The second kappa shape index (κ2) is 9.34. The third-order valence-corrected chi connectivity index (χ3v) is 5.04. The molecule has 10 heteroatoms. The van der Waals surface area contributed by atoms with Crippen LogP contribution in [0.1, 0.15) is 18.7 Å². The van der Waals surface area contributed by atoms with Crippen LogP contribution in [-0.2, 0) is 11.3 Å². The molecule has 31 heavy (non-hydrogen) atoms. The molecule has 0 aliphatic carbocycles. The van der Waals surface area contributed by atoms with E-state index in [1.807, 2.05) is 13.0 Å². The van der Waals surface area contributed by atoms with E-state index < -0.39 is 6.23 Å². The minimum Gasteiger partial charge on any atom is -0.496 e. The van der Waals surface area contributed by atoms with E-state index in [0.717, 1.165) is 11.3 Å². The summed E-state index contributed by atoms with van der Waals surface area (Å²) in [5.41, 5.74) is 3.19. The van der Waals surface area contributed by atoms with Gasteiger partial charge in [0.05, 0.1) is 49.6 Å². The first-order chi connectivity index (χ1) is 15.1. The summed E-state index contributed by atoms with van der Waals surface area (Å²) in [5.74, 6) is 0.637. The lowest BCUT2D eigenvalue weighted by molar-refractivity contribution is 0.136. The molecule has 1 unspecified atom stereocenters. The summed E-state index contributed by atoms with van der Waals surface area (Å²) in [6.07, 6.45) is 5.61. The predicted octanol–water partition coefficient (Wildman–Crippen LogP) is 3.39. The Bertz CT molecular complexity index is 1180. The smallest absolute Gasteiger partial charge is 0.162 e. The number of nitrogens with zero attached hydrogens (tertiary/aromatic N) is 5. The lowest BCUT2D eigenvalue weighted by Crippen LogP contribution is -2.12. The molecule has 0 amide bonds. The van der Waals surface area contributed by atoms with Crippen molar-refractivity contribution >= 4 is 22.9 Å². The zero-order valence-corrected chi connectivity index (χ0v) is 18.0. The number of aromatic nitrogens is 5. The fourth-order valence-corrected chi connectivity index (χ4v) is 3.54. The molecule has 0 radical (unpaired) electrons. The van der Waals surface area contributed by atoms with Crippen molar-refractivity contribution in [2.45, 2.75) is 19.7 Å². The van der Waals surface area contributed by atoms with Crippen molar-refractivity contribution in [1.82, 2.24) is 24.4 Å². The Morgan fingerprint density at radius 2 is 2.13 bits per heavy atom. The second-order valence-electron chi connectivity index (χ2n) is 6.71. The summed E-state index contributed by atoms with van der Waals surface area (Å²) in [7, 11) is 1.60. The number of hydrogen-bond acceptors (Lipinski definition) is 7. The topological polar surface area (TPSA) is 98.7 Å². The molecule has 0 bridgehead atoms. The summed E-state index contributed by atoms with van der Waals surface area (Å²) in [5, 5.41) is 23.3. The zero-order valence-electron chi connectivity index (χ0n) is 17.2. The van der Waals surface area contributed by atoms with Crippen LogP contribution >= 0.6 is 11.6 Å². The molecule has 1 atom stereocenters. The maximum atomic E-state index is 10.9. The van der Waals surface area contributed by atoms with Crippen LogP contribution in [0.15, 0.2) is 49.1 Å². The predicted molar refractivity (Wildman–Crippen MR) is 117 cm³/mol. The van der Waals surface area contributed by atoms with E-state index in [0.29, 0.717) is 47.4 Å². The Hall–Kier alpha value is -3.14. The van der Waals surface area contributed by atoms with Crippen LogP contribution in [0.2, 0.25) is 5.02 Å². The molecule has 4 aromatic rings. The van der Waals surface area contributed by atoms with Crippen LogP contribution in [-0.4, -0.2) is 49.8 Å². The Labute approximate surface area is 184 Å². The van der Waals surface area contributed by atoms with E-state index in [-0.39, 0.29) is 0 Å². The first-order valence-corrected chi connectivity index (χ1v) is 10.2. The van der Waals surface area contributed by atoms with Crippen molar-refractivity contribution in [3.63, 3.8) is 0 Å². The number of aliphatic hydroxyl groups is 1. The number of nitrogens with one attached hydrogen (secondary N) is 1. The van der Waals surface area contributed by atoms with Gasteiger partial charge in [0, 0.05) is 29.6 Å². The molecule has 0 saturated heterocycles. The van der Waals surface area contributed by atoms with Gasteiger partial charge >= 0.3 is 0 Å². The largest absolute Gasteiger partial charge is 0.496 e. The minimum absolute atomic E-state index is 0.494. The maximum absolute atomic E-state index is 10.9. The molecular formula is C21H23ClN6O3. The van der Waals surface area contributed by atoms with Gasteiger partial charge in [-0.2, -0.15) is 10.2 Å². The molecule has 2 N–H and O–H groups in total. The molecule has 0 aliphatic heterocycles. The Morgan fingerprint density at radius 1 is 1.26 bits per heavy atom. The molecule has 3 aromatic heterocycles. The number of fused-ring (bicyclic) bond motifs is 1. The molecule has 1 aromatic carbocycles. The summed E-state index contributed by atoms with van der Waals surface area (Å²) in [6.45, 7) is 3.57. The fourth-order valence-electron chi connectivity index (χ4n) is 3.37. The molecule has 162 valence electrons. The van der Waals surface area contributed by atoms with Gasteiger partial charge in [-0.25, -0.2) is 9.50 Å². The van der Waals surface area contributed by atoms with Gasteiger partial charge in [-0.3, -0.25) is 4.68 Å². The molecule has 0 aliphatic rings. The van der Waals surface area contributed by atoms with E-state index in [2.05, 4.69) is 20.5 Å². The van der Waals surface area contributed by atoms with E-state index >= 15 is 0 Å². The lowest BCUT2D eigenvalue weighted by atomic mass is 10.1. The SMILES string of the molecule is CCOCCn1ncc(NC(O)c2cnn3cccnc23)c1-c1cc(Cl)ccc1OC. The minimum atomic E-state index is -1.05. The molecule has 0 spiro atoms. The van der Waals surface area contributed by atoms with E-state index in [4.69, 9.17) is 21.1 Å². The van der Waals surface area contributed by atoms with Gasteiger partial charge in [0.15, 0.2) is 11.9 Å². The van der Waals surface area contributed by atoms with Gasteiger partial charge in [0.2, 0.25) is 0 Å². The Morgan fingerprint density at radius 3 is 2.94 bits per heavy atom. The average Bonchev–Trinajstić information content (AvgIpc) is 3.38. The highest BCUT2D eigenvalue weighted by Gasteiger charge is 2.21. The summed E-state index contributed by atoms with van der Waals surface area (Å²) in [4.78, 5) is 4.30. The number of hydrogen-bond donors (Lipinski definition) is 2. The number of methoxy groups -OCH3 is 1. The van der Waals surface area contributed by atoms with Crippen molar-refractivity contribution in [1.29, 1.82) is 0 Å².